The van der Waals surface area contributed by atoms with E-state index in [1.807, 2.05) is 24.7 Å². The summed E-state index contributed by atoms with van der Waals surface area (Å²) in [4.78, 5) is 4.01. The Labute approximate surface area is 112 Å². The van der Waals surface area contributed by atoms with E-state index in [1.165, 1.54) is 0 Å². The fourth-order valence-corrected chi connectivity index (χ4v) is 1.99. The number of hydrogen-bond acceptors (Lipinski definition) is 3. The first-order chi connectivity index (χ1) is 8.75. The molecule has 0 aliphatic rings. The Kier molecular flexibility index (Phi) is 4.47. The number of rotatable bonds is 6. The van der Waals surface area contributed by atoms with Crippen LogP contribution in [0.5, 0.6) is 0 Å². The van der Waals surface area contributed by atoms with Crippen molar-refractivity contribution in [2.45, 2.75) is 19.4 Å². The molecule has 4 nitrogen and oxygen atoms in total. The molecule has 2 aromatic rings. The van der Waals surface area contributed by atoms with Crippen LogP contribution in [0.2, 0.25) is 5.02 Å². The van der Waals surface area contributed by atoms with Crippen LogP contribution in [0.4, 0.5) is 11.4 Å². The van der Waals surface area contributed by atoms with Gasteiger partial charge in [-0.25, -0.2) is 4.98 Å². The number of imidazole rings is 1. The van der Waals surface area contributed by atoms with Gasteiger partial charge in [-0.3, -0.25) is 0 Å². The van der Waals surface area contributed by atoms with Crippen LogP contribution in [0.3, 0.4) is 0 Å². The van der Waals surface area contributed by atoms with Crippen molar-refractivity contribution in [3.05, 3.63) is 41.9 Å². The Bertz CT molecular complexity index is 482. The average Bonchev–Trinajstić information content (AvgIpc) is 2.84. The van der Waals surface area contributed by atoms with Gasteiger partial charge in [0.1, 0.15) is 0 Å². The molecule has 0 radical (unpaired) electrons. The summed E-state index contributed by atoms with van der Waals surface area (Å²) < 4.78 is 2.08. The summed E-state index contributed by atoms with van der Waals surface area (Å²) >= 11 is 6.07. The first kappa shape index (κ1) is 12.8. The fraction of sp³-hybridized carbons (Fsp3) is 0.308. The Morgan fingerprint density at radius 3 is 2.94 bits per heavy atom. The van der Waals surface area contributed by atoms with Crippen LogP contribution >= 0.6 is 11.6 Å². The minimum atomic E-state index is 0.671. The van der Waals surface area contributed by atoms with Gasteiger partial charge in [0.2, 0.25) is 0 Å². The Morgan fingerprint density at radius 2 is 2.22 bits per heavy atom. The fourth-order valence-electron chi connectivity index (χ4n) is 1.74. The number of nitrogen functional groups attached to an aromatic ring is 1. The third-order valence-corrected chi connectivity index (χ3v) is 3.02. The summed E-state index contributed by atoms with van der Waals surface area (Å²) in [6.07, 6.45) is 7.80. The van der Waals surface area contributed by atoms with Crippen LogP contribution in [0.15, 0.2) is 36.9 Å². The van der Waals surface area contributed by atoms with E-state index in [0.29, 0.717) is 10.7 Å². The van der Waals surface area contributed by atoms with Crippen molar-refractivity contribution in [3.63, 3.8) is 0 Å². The van der Waals surface area contributed by atoms with Gasteiger partial charge in [0.15, 0.2) is 0 Å². The van der Waals surface area contributed by atoms with Gasteiger partial charge in [0, 0.05) is 31.2 Å². The molecule has 96 valence electrons. The molecule has 1 heterocycles. The molecule has 0 spiro atoms. The van der Waals surface area contributed by atoms with E-state index in [-0.39, 0.29) is 0 Å². The zero-order valence-corrected chi connectivity index (χ0v) is 10.9. The second kappa shape index (κ2) is 6.31. The highest BCUT2D eigenvalue weighted by atomic mass is 35.5. The molecule has 5 heteroatoms. The molecule has 18 heavy (non-hydrogen) atoms. The number of halogens is 1. The van der Waals surface area contributed by atoms with Crippen molar-refractivity contribution < 1.29 is 0 Å². The summed E-state index contributed by atoms with van der Waals surface area (Å²) in [5.41, 5.74) is 7.26. The van der Waals surface area contributed by atoms with Crippen molar-refractivity contribution >= 4 is 23.0 Å². The molecule has 0 saturated carbocycles. The van der Waals surface area contributed by atoms with Crippen LogP contribution in [-0.2, 0) is 6.54 Å². The molecule has 0 saturated heterocycles. The zero-order chi connectivity index (χ0) is 12.8. The van der Waals surface area contributed by atoms with Crippen LogP contribution in [0.1, 0.15) is 12.8 Å². The minimum Gasteiger partial charge on any atom is -0.399 e. The van der Waals surface area contributed by atoms with Gasteiger partial charge in [-0.2, -0.15) is 0 Å². The number of anilines is 2. The molecule has 0 bridgehead atoms. The zero-order valence-electron chi connectivity index (χ0n) is 10.1. The number of aromatic nitrogens is 2. The SMILES string of the molecule is Nc1ccc(NCCCCn2ccnc2)c(Cl)c1. The predicted molar refractivity (Wildman–Crippen MR) is 75.8 cm³/mol. The standard InChI is InChI=1S/C13H17ClN4/c14-12-9-11(15)3-4-13(12)17-5-1-2-7-18-8-6-16-10-18/h3-4,6,8-10,17H,1-2,5,7,15H2. The lowest BCUT2D eigenvalue weighted by Crippen LogP contribution is -2.04. The summed E-state index contributed by atoms with van der Waals surface area (Å²) in [6.45, 7) is 1.90. The van der Waals surface area contributed by atoms with E-state index < -0.39 is 0 Å². The molecule has 0 amide bonds. The summed E-state index contributed by atoms with van der Waals surface area (Å²) in [5.74, 6) is 0. The molecule has 0 fully saturated rings. The number of hydrogen-bond donors (Lipinski definition) is 2. The van der Waals surface area contributed by atoms with Crippen LogP contribution in [-0.4, -0.2) is 16.1 Å². The lowest BCUT2D eigenvalue weighted by Gasteiger charge is -2.09. The van der Waals surface area contributed by atoms with Gasteiger partial charge in [0.05, 0.1) is 17.0 Å². The van der Waals surface area contributed by atoms with Crippen molar-refractivity contribution in [2.75, 3.05) is 17.6 Å². The molecule has 1 aromatic carbocycles. The lowest BCUT2D eigenvalue weighted by molar-refractivity contribution is 0.621. The van der Waals surface area contributed by atoms with Gasteiger partial charge in [-0.1, -0.05) is 11.6 Å². The van der Waals surface area contributed by atoms with Crippen molar-refractivity contribution in [1.82, 2.24) is 9.55 Å². The average molecular weight is 265 g/mol. The van der Waals surface area contributed by atoms with Crippen molar-refractivity contribution in [2.24, 2.45) is 0 Å². The van der Waals surface area contributed by atoms with Gasteiger partial charge in [-0.05, 0) is 31.0 Å². The largest absolute Gasteiger partial charge is 0.399 e. The Balaban J connectivity index is 1.69. The highest BCUT2D eigenvalue weighted by Gasteiger charge is 1.99. The van der Waals surface area contributed by atoms with E-state index in [0.717, 1.165) is 31.6 Å². The summed E-state index contributed by atoms with van der Waals surface area (Å²) in [6, 6.07) is 5.52. The highest BCUT2D eigenvalue weighted by molar-refractivity contribution is 6.33. The number of nitrogens with two attached hydrogens (primary N) is 1. The third-order valence-electron chi connectivity index (χ3n) is 2.71. The molecule has 0 unspecified atom stereocenters. The topological polar surface area (TPSA) is 55.9 Å². The first-order valence-electron chi connectivity index (χ1n) is 6.00. The normalized spacial score (nSPS) is 10.5. The van der Waals surface area contributed by atoms with Crippen LogP contribution in [0.25, 0.3) is 0 Å². The maximum Gasteiger partial charge on any atom is 0.0945 e. The van der Waals surface area contributed by atoms with Gasteiger partial charge in [0.25, 0.3) is 0 Å². The van der Waals surface area contributed by atoms with E-state index in [4.69, 9.17) is 17.3 Å². The number of nitrogens with zero attached hydrogens (tertiary/aromatic N) is 2. The lowest BCUT2D eigenvalue weighted by atomic mass is 10.2. The van der Waals surface area contributed by atoms with Crippen molar-refractivity contribution in [3.8, 4) is 0 Å². The molecule has 0 aliphatic carbocycles. The quantitative estimate of drug-likeness (QED) is 0.623. The number of unbranched alkanes of at least 4 members (excludes halogenated alkanes) is 1. The minimum absolute atomic E-state index is 0.671. The third kappa shape index (κ3) is 3.67. The molecule has 1 aromatic heterocycles. The van der Waals surface area contributed by atoms with E-state index in [9.17, 15) is 0 Å². The van der Waals surface area contributed by atoms with Gasteiger partial charge < -0.3 is 15.6 Å². The van der Waals surface area contributed by atoms with Crippen LogP contribution in [0, 0.1) is 0 Å². The number of benzene rings is 1. The Morgan fingerprint density at radius 1 is 1.33 bits per heavy atom. The monoisotopic (exact) mass is 264 g/mol. The molecular weight excluding hydrogens is 248 g/mol. The molecular formula is C13H17ClN4. The van der Waals surface area contributed by atoms with E-state index in [2.05, 4.69) is 14.9 Å². The van der Waals surface area contributed by atoms with Crippen molar-refractivity contribution in [1.29, 1.82) is 0 Å². The maximum absolute atomic E-state index is 6.07. The summed E-state index contributed by atoms with van der Waals surface area (Å²) in [5, 5.41) is 3.98. The van der Waals surface area contributed by atoms with Crippen LogP contribution < -0.4 is 11.1 Å². The predicted octanol–water partition coefficient (Wildman–Crippen LogP) is 3.01. The van der Waals surface area contributed by atoms with Gasteiger partial charge >= 0.3 is 0 Å². The molecule has 3 N–H and O–H groups in total. The number of aryl methyl sites for hydroxylation is 1. The second-order valence-corrected chi connectivity index (χ2v) is 4.58. The first-order valence-corrected chi connectivity index (χ1v) is 6.38. The summed E-state index contributed by atoms with van der Waals surface area (Å²) in [7, 11) is 0. The second-order valence-electron chi connectivity index (χ2n) is 4.17. The molecule has 0 atom stereocenters. The smallest absolute Gasteiger partial charge is 0.0945 e. The molecule has 2 rings (SSSR count). The highest BCUT2D eigenvalue weighted by Crippen LogP contribution is 2.23. The Hall–Kier alpha value is -1.68. The molecule has 0 aliphatic heterocycles. The number of nitrogens with one attached hydrogen (secondary N) is 1. The van der Waals surface area contributed by atoms with E-state index >= 15 is 0 Å². The maximum atomic E-state index is 6.07. The van der Waals surface area contributed by atoms with Gasteiger partial charge in [-0.15, -0.1) is 0 Å². The van der Waals surface area contributed by atoms with E-state index in [1.54, 1.807) is 12.3 Å².